The highest BCUT2D eigenvalue weighted by molar-refractivity contribution is 14.1. The highest BCUT2D eigenvalue weighted by Crippen LogP contribution is 2.47. The number of nitrogens with one attached hydrogen (secondary N) is 1. The molecule has 0 aromatic heterocycles. The molecule has 1 heterocycles. The van der Waals surface area contributed by atoms with Gasteiger partial charge in [-0.25, -0.2) is 0 Å². The van der Waals surface area contributed by atoms with Crippen molar-refractivity contribution in [1.82, 2.24) is 5.32 Å². The molecule has 1 aromatic rings. The van der Waals surface area contributed by atoms with Crippen LogP contribution in [0.2, 0.25) is 0 Å². The zero-order valence-corrected chi connectivity index (χ0v) is 13.7. The van der Waals surface area contributed by atoms with Crippen LogP contribution < -0.4 is 5.32 Å². The Kier molecular flexibility index (Phi) is 4.15. The molecular weight excluding hydrogens is 349 g/mol. The summed E-state index contributed by atoms with van der Waals surface area (Å²) in [6.07, 6.45) is 6.30. The average Bonchev–Trinajstić information content (AvgIpc) is 2.40. The fourth-order valence-electron chi connectivity index (χ4n) is 3.61. The van der Waals surface area contributed by atoms with Gasteiger partial charge in [0.05, 0.1) is 5.60 Å². The van der Waals surface area contributed by atoms with Crippen LogP contribution in [-0.2, 0) is 4.74 Å². The first-order valence-corrected chi connectivity index (χ1v) is 8.37. The molecule has 19 heavy (non-hydrogen) atoms. The normalized spacial score (nSPS) is 26.9. The Morgan fingerprint density at radius 1 is 1.32 bits per heavy atom. The van der Waals surface area contributed by atoms with Gasteiger partial charge in [0.2, 0.25) is 0 Å². The molecular formula is C16H22INO. The fraction of sp³-hybridized carbons (Fsp3) is 0.625. The van der Waals surface area contributed by atoms with Crippen LogP contribution in [0.1, 0.15) is 43.7 Å². The predicted octanol–water partition coefficient (Wildman–Crippen LogP) is 3.90. The number of halogens is 1. The van der Waals surface area contributed by atoms with Crippen molar-refractivity contribution in [2.24, 2.45) is 5.92 Å². The van der Waals surface area contributed by atoms with Crippen molar-refractivity contribution in [1.29, 1.82) is 0 Å². The molecule has 2 fully saturated rings. The van der Waals surface area contributed by atoms with Gasteiger partial charge >= 0.3 is 0 Å². The molecule has 1 saturated carbocycles. The molecule has 2 nitrogen and oxygen atoms in total. The molecule has 2 unspecified atom stereocenters. The molecule has 3 rings (SSSR count). The standard InChI is InChI=1S/C16H22INO/c1-18-15(12-3-5-14(17)6-4-12)13-7-10-19-16(11-13)8-2-9-16/h3-6,13,15,18H,2,7-11H2,1H3. The molecule has 1 spiro atoms. The lowest BCUT2D eigenvalue weighted by Crippen LogP contribution is -2.47. The molecule has 1 N–H and O–H groups in total. The summed E-state index contributed by atoms with van der Waals surface area (Å²) in [7, 11) is 2.09. The van der Waals surface area contributed by atoms with Crippen molar-refractivity contribution in [3.05, 3.63) is 33.4 Å². The second-order valence-electron chi connectivity index (χ2n) is 5.96. The van der Waals surface area contributed by atoms with Gasteiger partial charge in [0.15, 0.2) is 0 Å². The first-order valence-electron chi connectivity index (χ1n) is 7.29. The van der Waals surface area contributed by atoms with E-state index in [0.717, 1.165) is 6.61 Å². The van der Waals surface area contributed by atoms with Gasteiger partial charge in [-0.15, -0.1) is 0 Å². The van der Waals surface area contributed by atoms with Crippen LogP contribution in [-0.4, -0.2) is 19.3 Å². The molecule has 1 saturated heterocycles. The maximum atomic E-state index is 6.05. The largest absolute Gasteiger partial charge is 0.375 e. The van der Waals surface area contributed by atoms with E-state index in [1.807, 2.05) is 0 Å². The summed E-state index contributed by atoms with van der Waals surface area (Å²) < 4.78 is 7.36. The van der Waals surface area contributed by atoms with E-state index in [1.165, 1.54) is 41.2 Å². The van der Waals surface area contributed by atoms with Gasteiger partial charge in [0.1, 0.15) is 0 Å². The molecule has 0 amide bonds. The van der Waals surface area contributed by atoms with Gasteiger partial charge in [-0.2, -0.15) is 0 Å². The predicted molar refractivity (Wildman–Crippen MR) is 86.2 cm³/mol. The van der Waals surface area contributed by atoms with Crippen LogP contribution in [0, 0.1) is 9.49 Å². The van der Waals surface area contributed by atoms with Gasteiger partial charge in [0, 0.05) is 16.2 Å². The maximum absolute atomic E-state index is 6.05. The highest BCUT2D eigenvalue weighted by atomic mass is 127. The fourth-order valence-corrected chi connectivity index (χ4v) is 3.97. The topological polar surface area (TPSA) is 21.3 Å². The van der Waals surface area contributed by atoms with Crippen molar-refractivity contribution >= 4 is 22.6 Å². The Labute approximate surface area is 129 Å². The van der Waals surface area contributed by atoms with Gasteiger partial charge in [0.25, 0.3) is 0 Å². The zero-order valence-electron chi connectivity index (χ0n) is 11.5. The molecule has 3 heteroatoms. The Morgan fingerprint density at radius 2 is 2.05 bits per heavy atom. The third-order valence-electron chi connectivity index (χ3n) is 4.81. The third kappa shape index (κ3) is 2.83. The van der Waals surface area contributed by atoms with Crippen molar-refractivity contribution in [2.45, 2.75) is 43.7 Å². The van der Waals surface area contributed by atoms with E-state index in [-0.39, 0.29) is 5.60 Å². The quantitative estimate of drug-likeness (QED) is 0.814. The van der Waals surface area contributed by atoms with Crippen molar-refractivity contribution < 1.29 is 4.74 Å². The Balaban J connectivity index is 1.76. The number of ether oxygens (including phenoxy) is 1. The first-order chi connectivity index (χ1) is 9.22. The minimum atomic E-state index is 0.237. The van der Waals surface area contributed by atoms with Crippen molar-refractivity contribution in [3.8, 4) is 0 Å². The minimum absolute atomic E-state index is 0.237. The van der Waals surface area contributed by atoms with E-state index in [0.29, 0.717) is 12.0 Å². The summed E-state index contributed by atoms with van der Waals surface area (Å²) in [5.74, 6) is 0.708. The van der Waals surface area contributed by atoms with E-state index in [9.17, 15) is 0 Å². The smallest absolute Gasteiger partial charge is 0.0686 e. The van der Waals surface area contributed by atoms with Crippen molar-refractivity contribution in [3.63, 3.8) is 0 Å². The van der Waals surface area contributed by atoms with Crippen LogP contribution >= 0.6 is 22.6 Å². The van der Waals surface area contributed by atoms with E-state index in [2.05, 4.69) is 59.2 Å². The monoisotopic (exact) mass is 371 g/mol. The lowest BCUT2D eigenvalue weighted by atomic mass is 9.69. The van der Waals surface area contributed by atoms with Crippen molar-refractivity contribution in [2.75, 3.05) is 13.7 Å². The number of benzene rings is 1. The summed E-state index contributed by atoms with van der Waals surface area (Å²) in [5.41, 5.74) is 1.66. The van der Waals surface area contributed by atoms with Crippen LogP contribution in [0.5, 0.6) is 0 Å². The van der Waals surface area contributed by atoms with Gasteiger partial charge in [-0.1, -0.05) is 12.1 Å². The van der Waals surface area contributed by atoms with E-state index in [4.69, 9.17) is 4.74 Å². The van der Waals surface area contributed by atoms with E-state index < -0.39 is 0 Å². The van der Waals surface area contributed by atoms with Crippen LogP contribution in [0.3, 0.4) is 0 Å². The lowest BCUT2D eigenvalue weighted by molar-refractivity contribution is -0.147. The zero-order chi connectivity index (χ0) is 13.3. The Morgan fingerprint density at radius 3 is 2.63 bits per heavy atom. The summed E-state index contributed by atoms with van der Waals surface area (Å²) in [6, 6.07) is 9.42. The summed E-state index contributed by atoms with van der Waals surface area (Å²) in [6.45, 7) is 0.938. The lowest BCUT2D eigenvalue weighted by Gasteiger charge is -2.48. The summed E-state index contributed by atoms with van der Waals surface area (Å²) >= 11 is 2.37. The van der Waals surface area contributed by atoms with Crippen LogP contribution in [0.25, 0.3) is 0 Å². The summed E-state index contributed by atoms with van der Waals surface area (Å²) in [5, 5.41) is 3.54. The molecule has 0 bridgehead atoms. The second-order valence-corrected chi connectivity index (χ2v) is 7.20. The molecule has 104 valence electrons. The second kappa shape index (κ2) is 5.70. The van der Waals surface area contributed by atoms with Gasteiger partial charge < -0.3 is 10.1 Å². The molecule has 0 radical (unpaired) electrons. The average molecular weight is 371 g/mol. The maximum Gasteiger partial charge on any atom is 0.0686 e. The number of hydrogen-bond donors (Lipinski definition) is 1. The SMILES string of the molecule is CNC(c1ccc(I)cc1)C1CCOC2(CCC2)C1. The molecule has 2 aliphatic rings. The number of hydrogen-bond acceptors (Lipinski definition) is 2. The number of rotatable bonds is 3. The third-order valence-corrected chi connectivity index (χ3v) is 5.53. The minimum Gasteiger partial charge on any atom is -0.375 e. The molecule has 1 aromatic carbocycles. The molecule has 1 aliphatic carbocycles. The van der Waals surface area contributed by atoms with Gasteiger partial charge in [-0.3, -0.25) is 0 Å². The van der Waals surface area contributed by atoms with Crippen LogP contribution in [0.15, 0.2) is 24.3 Å². The van der Waals surface area contributed by atoms with Crippen LogP contribution in [0.4, 0.5) is 0 Å². The Hall–Kier alpha value is -0.130. The highest BCUT2D eigenvalue weighted by Gasteiger charge is 2.44. The summed E-state index contributed by atoms with van der Waals surface area (Å²) in [4.78, 5) is 0. The van der Waals surface area contributed by atoms with E-state index >= 15 is 0 Å². The van der Waals surface area contributed by atoms with E-state index in [1.54, 1.807) is 0 Å². The Bertz CT molecular complexity index is 427. The van der Waals surface area contributed by atoms with Gasteiger partial charge in [-0.05, 0) is 85.4 Å². The first kappa shape index (κ1) is 13.8. The molecule has 1 aliphatic heterocycles. The molecule has 2 atom stereocenters.